The molecule has 1 amide bonds. The van der Waals surface area contributed by atoms with Crippen molar-refractivity contribution in [2.45, 2.75) is 23.6 Å². The van der Waals surface area contributed by atoms with E-state index in [-0.39, 0.29) is 16.7 Å². The first-order chi connectivity index (χ1) is 11.1. The number of carbonyl (C=O) groups is 1. The Morgan fingerprint density at radius 2 is 1.87 bits per heavy atom. The second kappa shape index (κ2) is 6.82. The van der Waals surface area contributed by atoms with E-state index in [0.717, 1.165) is 42.8 Å². The van der Waals surface area contributed by atoms with E-state index < -0.39 is 10.0 Å². The van der Waals surface area contributed by atoms with Crippen LogP contribution in [0.25, 0.3) is 0 Å². The summed E-state index contributed by atoms with van der Waals surface area (Å²) in [6.07, 6.45) is 2.03. The molecule has 23 heavy (non-hydrogen) atoms. The van der Waals surface area contributed by atoms with Crippen LogP contribution in [0.4, 0.5) is 0 Å². The van der Waals surface area contributed by atoms with Crippen molar-refractivity contribution in [1.82, 2.24) is 9.62 Å². The van der Waals surface area contributed by atoms with Gasteiger partial charge in [0.05, 0.1) is 5.56 Å². The van der Waals surface area contributed by atoms with E-state index in [1.165, 1.54) is 6.07 Å². The molecule has 2 aromatic rings. The number of likely N-dealkylation sites (tertiary alicyclic amines) is 1. The van der Waals surface area contributed by atoms with Gasteiger partial charge in [-0.3, -0.25) is 4.79 Å². The van der Waals surface area contributed by atoms with E-state index in [9.17, 15) is 13.2 Å². The van der Waals surface area contributed by atoms with Crippen molar-refractivity contribution in [2.24, 2.45) is 0 Å². The zero-order valence-corrected chi connectivity index (χ0v) is 14.2. The third-order valence-electron chi connectivity index (χ3n) is 3.79. The fraction of sp³-hybridized carbons (Fsp3) is 0.312. The number of hydrogen-bond donors (Lipinski definition) is 1. The van der Waals surface area contributed by atoms with Crippen LogP contribution >= 0.6 is 11.3 Å². The van der Waals surface area contributed by atoms with Crippen molar-refractivity contribution in [1.29, 1.82) is 0 Å². The third-order valence-corrected chi connectivity index (χ3v) is 6.63. The molecule has 1 fully saturated rings. The van der Waals surface area contributed by atoms with Crippen LogP contribution in [0.5, 0.6) is 0 Å². The maximum Gasteiger partial charge on any atom is 0.254 e. The predicted octanol–water partition coefficient (Wildman–Crippen LogP) is 2.46. The molecular formula is C16H18N2O3S2. The highest BCUT2D eigenvalue weighted by Gasteiger charge is 2.23. The van der Waals surface area contributed by atoms with Crippen LogP contribution in [0, 0.1) is 0 Å². The first-order valence-corrected chi connectivity index (χ1v) is 9.84. The summed E-state index contributed by atoms with van der Waals surface area (Å²) in [6.45, 7) is 1.74. The van der Waals surface area contributed by atoms with Crippen LogP contribution in [0.15, 0.2) is 46.0 Å². The van der Waals surface area contributed by atoms with Crippen molar-refractivity contribution < 1.29 is 13.2 Å². The molecule has 1 N–H and O–H groups in total. The largest absolute Gasteiger partial charge is 0.339 e. The molecule has 1 aliphatic heterocycles. The highest BCUT2D eigenvalue weighted by atomic mass is 32.2. The lowest BCUT2D eigenvalue weighted by Gasteiger charge is -2.13. The van der Waals surface area contributed by atoms with Crippen LogP contribution in [-0.4, -0.2) is 32.3 Å². The van der Waals surface area contributed by atoms with E-state index in [0.29, 0.717) is 5.56 Å². The second-order valence-electron chi connectivity index (χ2n) is 5.46. The smallest absolute Gasteiger partial charge is 0.254 e. The Hall–Kier alpha value is -1.70. The standard InChI is InChI=1S/C16H18N2O3S2/c19-16(18-8-4-5-9-18)14-10-15(22-12-14)23(20,21)17-11-13-6-2-1-3-7-13/h1-3,6-7,10,12,17H,4-5,8-9,11H2. The van der Waals surface area contributed by atoms with E-state index in [2.05, 4.69) is 4.72 Å². The van der Waals surface area contributed by atoms with Gasteiger partial charge in [0.25, 0.3) is 5.91 Å². The zero-order valence-electron chi connectivity index (χ0n) is 12.6. The van der Waals surface area contributed by atoms with Gasteiger partial charge in [-0.1, -0.05) is 30.3 Å². The quantitative estimate of drug-likeness (QED) is 0.901. The third kappa shape index (κ3) is 3.80. The fourth-order valence-electron chi connectivity index (χ4n) is 2.52. The van der Waals surface area contributed by atoms with Gasteiger partial charge >= 0.3 is 0 Å². The molecule has 1 aliphatic rings. The maximum atomic E-state index is 12.3. The Labute approximate surface area is 140 Å². The van der Waals surface area contributed by atoms with Crippen LogP contribution in [-0.2, 0) is 16.6 Å². The van der Waals surface area contributed by atoms with Crippen molar-refractivity contribution in [2.75, 3.05) is 13.1 Å². The summed E-state index contributed by atoms with van der Waals surface area (Å²) in [4.78, 5) is 14.1. The average molecular weight is 350 g/mol. The molecule has 5 nitrogen and oxygen atoms in total. The average Bonchev–Trinajstić information content (AvgIpc) is 3.25. The van der Waals surface area contributed by atoms with Gasteiger partial charge in [0, 0.05) is 25.0 Å². The molecule has 0 radical (unpaired) electrons. The minimum atomic E-state index is -3.60. The molecule has 122 valence electrons. The van der Waals surface area contributed by atoms with Crippen molar-refractivity contribution >= 4 is 27.3 Å². The number of thiophene rings is 1. The minimum Gasteiger partial charge on any atom is -0.339 e. The summed E-state index contributed by atoms with van der Waals surface area (Å²) in [5.41, 5.74) is 1.35. The lowest BCUT2D eigenvalue weighted by Crippen LogP contribution is -2.27. The van der Waals surface area contributed by atoms with Gasteiger partial charge in [0.2, 0.25) is 10.0 Å². The number of sulfonamides is 1. The summed E-state index contributed by atoms with van der Waals surface area (Å²) in [7, 11) is -3.60. The van der Waals surface area contributed by atoms with Gasteiger partial charge in [0.1, 0.15) is 4.21 Å². The molecule has 1 aromatic heterocycles. The molecule has 0 unspecified atom stereocenters. The summed E-state index contributed by atoms with van der Waals surface area (Å²) < 4.78 is 27.4. The molecule has 3 rings (SSSR count). The van der Waals surface area contributed by atoms with Crippen molar-refractivity contribution in [3.63, 3.8) is 0 Å². The van der Waals surface area contributed by atoms with Crippen molar-refractivity contribution in [3.8, 4) is 0 Å². The molecule has 1 aromatic carbocycles. The topological polar surface area (TPSA) is 66.5 Å². The highest BCUT2D eigenvalue weighted by molar-refractivity contribution is 7.91. The number of carbonyl (C=O) groups excluding carboxylic acids is 1. The van der Waals surface area contributed by atoms with Gasteiger partial charge < -0.3 is 4.90 Å². The maximum absolute atomic E-state index is 12.3. The number of hydrogen-bond acceptors (Lipinski definition) is 4. The lowest BCUT2D eigenvalue weighted by molar-refractivity contribution is 0.0793. The summed E-state index contributed by atoms with van der Waals surface area (Å²) >= 11 is 1.08. The molecule has 2 heterocycles. The van der Waals surface area contributed by atoms with Gasteiger partial charge in [-0.05, 0) is 24.5 Å². The molecule has 1 saturated heterocycles. The Morgan fingerprint density at radius 1 is 1.17 bits per heavy atom. The van der Waals surface area contributed by atoms with Crippen molar-refractivity contribution in [3.05, 3.63) is 52.9 Å². The van der Waals surface area contributed by atoms with Crippen LogP contribution < -0.4 is 4.72 Å². The number of benzene rings is 1. The molecular weight excluding hydrogens is 332 g/mol. The normalized spacial score (nSPS) is 15.0. The van der Waals surface area contributed by atoms with E-state index in [4.69, 9.17) is 0 Å². The van der Waals surface area contributed by atoms with Crippen LogP contribution in [0.2, 0.25) is 0 Å². The predicted molar refractivity (Wildman–Crippen MR) is 89.9 cm³/mol. The first kappa shape index (κ1) is 16.2. The number of amides is 1. The van der Waals surface area contributed by atoms with E-state index >= 15 is 0 Å². The molecule has 0 spiro atoms. The van der Waals surface area contributed by atoms with Gasteiger partial charge in [-0.2, -0.15) is 0 Å². The summed E-state index contributed by atoms with van der Waals surface area (Å²) in [6, 6.07) is 10.8. The molecule has 0 bridgehead atoms. The van der Waals surface area contributed by atoms with Gasteiger partial charge in [0.15, 0.2) is 0 Å². The Bertz CT molecular complexity index is 779. The Balaban J connectivity index is 1.69. The first-order valence-electron chi connectivity index (χ1n) is 7.48. The zero-order chi connectivity index (χ0) is 16.3. The Morgan fingerprint density at radius 3 is 2.57 bits per heavy atom. The monoisotopic (exact) mass is 350 g/mol. The van der Waals surface area contributed by atoms with Crippen LogP contribution in [0.1, 0.15) is 28.8 Å². The van der Waals surface area contributed by atoms with Crippen LogP contribution in [0.3, 0.4) is 0 Å². The molecule has 0 saturated carbocycles. The fourth-order valence-corrected chi connectivity index (χ4v) is 4.73. The SMILES string of the molecule is O=C(c1csc(S(=O)(=O)NCc2ccccc2)c1)N1CCCC1. The molecule has 7 heteroatoms. The van der Waals surface area contributed by atoms with Gasteiger partial charge in [-0.25, -0.2) is 13.1 Å². The number of nitrogens with one attached hydrogen (secondary N) is 1. The second-order valence-corrected chi connectivity index (χ2v) is 8.37. The minimum absolute atomic E-state index is 0.0803. The number of nitrogens with zero attached hydrogens (tertiary/aromatic N) is 1. The number of rotatable bonds is 5. The lowest BCUT2D eigenvalue weighted by atomic mass is 10.2. The molecule has 0 atom stereocenters. The van der Waals surface area contributed by atoms with E-state index in [1.54, 1.807) is 10.3 Å². The van der Waals surface area contributed by atoms with Gasteiger partial charge in [-0.15, -0.1) is 11.3 Å². The summed E-state index contributed by atoms with van der Waals surface area (Å²) in [5, 5.41) is 1.62. The van der Waals surface area contributed by atoms with E-state index in [1.807, 2.05) is 30.3 Å². The summed E-state index contributed by atoms with van der Waals surface area (Å²) in [5.74, 6) is -0.0803. The Kier molecular flexibility index (Phi) is 4.79. The molecule has 0 aliphatic carbocycles. The highest BCUT2D eigenvalue weighted by Crippen LogP contribution is 2.23.